The quantitative estimate of drug-likeness (QED) is 0.543. The fourth-order valence-corrected chi connectivity index (χ4v) is 2.32. The molecule has 1 aromatic carbocycles. The van der Waals surface area contributed by atoms with Gasteiger partial charge in [-0.3, -0.25) is 0 Å². The van der Waals surface area contributed by atoms with E-state index in [4.69, 9.17) is 21.4 Å². The average molecular weight is 318 g/mol. The van der Waals surface area contributed by atoms with Crippen LogP contribution >= 0.6 is 11.6 Å². The molecule has 1 heterocycles. The van der Waals surface area contributed by atoms with Crippen LogP contribution in [-0.4, -0.2) is 57.0 Å². The van der Waals surface area contributed by atoms with Crippen molar-refractivity contribution < 1.29 is 30.0 Å². The van der Waals surface area contributed by atoms with Gasteiger partial charge in [-0.1, -0.05) is 11.6 Å². The largest absolute Gasteiger partial charge is 0.478 e. The summed E-state index contributed by atoms with van der Waals surface area (Å²) in [4.78, 5) is 11.2. The van der Waals surface area contributed by atoms with Crippen LogP contribution in [0.5, 0.6) is 0 Å². The number of rotatable bonds is 3. The van der Waals surface area contributed by atoms with E-state index in [1.165, 1.54) is 25.1 Å². The third-order valence-corrected chi connectivity index (χ3v) is 3.60. The molecule has 0 bridgehead atoms. The number of benzene rings is 1. The summed E-state index contributed by atoms with van der Waals surface area (Å²) in [5.74, 6) is -1.17. The summed E-state index contributed by atoms with van der Waals surface area (Å²) in [6.07, 6.45) is -5.85. The fourth-order valence-electron chi connectivity index (χ4n) is 2.15. The Bertz CT molecular complexity index is 539. The minimum absolute atomic E-state index is 0.0523. The third kappa shape index (κ3) is 3.28. The molecule has 7 nitrogen and oxygen atoms in total. The maximum absolute atomic E-state index is 11.2. The van der Waals surface area contributed by atoms with Crippen molar-refractivity contribution in [3.63, 3.8) is 0 Å². The lowest BCUT2D eigenvalue weighted by atomic mass is 9.99. The van der Waals surface area contributed by atoms with Crippen molar-refractivity contribution in [2.24, 2.45) is 0 Å². The number of halogens is 1. The summed E-state index contributed by atoms with van der Waals surface area (Å²) in [5, 5.41) is 41.4. The molecular formula is C13H16ClNO6. The van der Waals surface area contributed by atoms with Gasteiger partial charge in [0.25, 0.3) is 0 Å². The fraction of sp³-hybridized carbons (Fsp3) is 0.462. The van der Waals surface area contributed by atoms with Crippen LogP contribution in [0.25, 0.3) is 0 Å². The van der Waals surface area contributed by atoms with Crippen molar-refractivity contribution in [2.45, 2.75) is 37.6 Å². The molecule has 0 unspecified atom stereocenters. The number of aliphatic hydroxyl groups excluding tert-OH is 3. The molecule has 116 valence electrons. The molecule has 1 saturated heterocycles. The Balaban J connectivity index is 2.25. The van der Waals surface area contributed by atoms with Gasteiger partial charge in [-0.05, 0) is 25.1 Å². The molecule has 2 rings (SSSR count). The first-order chi connectivity index (χ1) is 9.81. The predicted octanol–water partition coefficient (Wildman–Crippen LogP) is 0.278. The molecule has 5 atom stereocenters. The molecule has 1 aromatic rings. The summed E-state index contributed by atoms with van der Waals surface area (Å²) >= 11 is 5.83. The van der Waals surface area contributed by atoms with Gasteiger partial charge in [0.15, 0.2) is 6.23 Å². The SMILES string of the molecule is C[C@@H]1O[C@H](Nc2cc(Cl)ccc2C(=O)O)[C@H](O)[C@H](O)[C@@H]1O. The molecule has 1 aliphatic heterocycles. The highest BCUT2D eigenvalue weighted by molar-refractivity contribution is 6.31. The van der Waals surface area contributed by atoms with Crippen LogP contribution in [0.15, 0.2) is 18.2 Å². The van der Waals surface area contributed by atoms with Gasteiger partial charge in [-0.25, -0.2) is 4.79 Å². The molecule has 0 radical (unpaired) electrons. The van der Waals surface area contributed by atoms with Gasteiger partial charge in [0.2, 0.25) is 0 Å². The summed E-state index contributed by atoms with van der Waals surface area (Å²) in [6, 6.07) is 4.12. The highest BCUT2D eigenvalue weighted by Crippen LogP contribution is 2.26. The monoisotopic (exact) mass is 317 g/mol. The summed E-state index contributed by atoms with van der Waals surface area (Å²) in [5.41, 5.74) is 0.0957. The number of nitrogens with one attached hydrogen (secondary N) is 1. The van der Waals surface area contributed by atoms with Gasteiger partial charge in [-0.2, -0.15) is 0 Å². The van der Waals surface area contributed by atoms with E-state index < -0.39 is 36.6 Å². The van der Waals surface area contributed by atoms with Gasteiger partial charge < -0.3 is 30.5 Å². The summed E-state index contributed by atoms with van der Waals surface area (Å²) < 4.78 is 5.35. The molecule has 0 aromatic heterocycles. The number of hydrogen-bond acceptors (Lipinski definition) is 6. The highest BCUT2D eigenvalue weighted by atomic mass is 35.5. The molecule has 8 heteroatoms. The third-order valence-electron chi connectivity index (χ3n) is 3.36. The van der Waals surface area contributed by atoms with E-state index in [0.717, 1.165) is 0 Å². The van der Waals surface area contributed by atoms with E-state index >= 15 is 0 Å². The van der Waals surface area contributed by atoms with Crippen molar-refractivity contribution >= 4 is 23.3 Å². The first kappa shape index (κ1) is 16.0. The van der Waals surface area contributed by atoms with Crippen LogP contribution in [0.2, 0.25) is 5.02 Å². The lowest BCUT2D eigenvalue weighted by molar-refractivity contribution is -0.209. The molecule has 21 heavy (non-hydrogen) atoms. The standard InChI is InChI=1S/C13H16ClNO6/c1-5-9(16)10(17)11(18)12(21-5)15-8-4-6(14)2-3-7(8)13(19)20/h2-5,9-12,15-18H,1H3,(H,19,20)/t5-,9+,10+,11+,12-/m0/s1. The molecule has 0 aliphatic carbocycles. The van der Waals surface area contributed by atoms with Gasteiger partial charge in [-0.15, -0.1) is 0 Å². The number of ether oxygens (including phenoxy) is 1. The Kier molecular flexibility index (Phi) is 4.70. The minimum Gasteiger partial charge on any atom is -0.478 e. The molecule has 0 amide bonds. The lowest BCUT2D eigenvalue weighted by Crippen LogP contribution is -2.58. The van der Waals surface area contributed by atoms with E-state index in [-0.39, 0.29) is 11.3 Å². The maximum atomic E-state index is 11.2. The summed E-state index contributed by atoms with van der Waals surface area (Å²) in [6.45, 7) is 1.53. The number of carboxylic acid groups (broad SMARTS) is 1. The number of carboxylic acids is 1. The summed E-state index contributed by atoms with van der Waals surface area (Å²) in [7, 11) is 0. The smallest absolute Gasteiger partial charge is 0.337 e. The van der Waals surface area contributed by atoms with E-state index in [0.29, 0.717) is 5.02 Å². The van der Waals surface area contributed by atoms with E-state index in [9.17, 15) is 20.1 Å². The number of carbonyl (C=O) groups is 1. The van der Waals surface area contributed by atoms with E-state index in [1.54, 1.807) is 0 Å². The Morgan fingerprint density at radius 1 is 1.24 bits per heavy atom. The molecule has 1 aliphatic rings. The van der Waals surface area contributed by atoms with Crippen molar-refractivity contribution in [3.05, 3.63) is 28.8 Å². The normalized spacial score (nSPS) is 32.7. The van der Waals surface area contributed by atoms with Crippen LogP contribution in [-0.2, 0) is 4.74 Å². The zero-order chi connectivity index (χ0) is 15.7. The van der Waals surface area contributed by atoms with Crippen LogP contribution in [0.1, 0.15) is 17.3 Å². The van der Waals surface area contributed by atoms with Crippen molar-refractivity contribution in [3.8, 4) is 0 Å². The molecule has 5 N–H and O–H groups in total. The zero-order valence-electron chi connectivity index (χ0n) is 11.1. The van der Waals surface area contributed by atoms with Gasteiger partial charge >= 0.3 is 5.97 Å². The molecule has 0 saturated carbocycles. The van der Waals surface area contributed by atoms with E-state index in [2.05, 4.69) is 5.32 Å². The minimum atomic E-state index is -1.42. The molecular weight excluding hydrogens is 302 g/mol. The predicted molar refractivity (Wildman–Crippen MR) is 74.4 cm³/mol. The Morgan fingerprint density at radius 3 is 2.52 bits per heavy atom. The zero-order valence-corrected chi connectivity index (χ0v) is 11.9. The second-order valence-electron chi connectivity index (χ2n) is 4.87. The van der Waals surface area contributed by atoms with Crippen molar-refractivity contribution in [1.82, 2.24) is 0 Å². The second kappa shape index (κ2) is 6.17. The van der Waals surface area contributed by atoms with Gasteiger partial charge in [0, 0.05) is 5.02 Å². The van der Waals surface area contributed by atoms with E-state index in [1.807, 2.05) is 0 Å². The van der Waals surface area contributed by atoms with Crippen molar-refractivity contribution in [2.75, 3.05) is 5.32 Å². The van der Waals surface area contributed by atoms with Crippen LogP contribution in [0.3, 0.4) is 0 Å². The number of anilines is 1. The highest BCUT2D eigenvalue weighted by Gasteiger charge is 2.42. The number of aromatic carboxylic acids is 1. The number of hydrogen-bond donors (Lipinski definition) is 5. The Morgan fingerprint density at radius 2 is 1.90 bits per heavy atom. The number of aliphatic hydroxyl groups is 3. The second-order valence-corrected chi connectivity index (χ2v) is 5.31. The topological polar surface area (TPSA) is 119 Å². The molecule has 1 fully saturated rings. The van der Waals surface area contributed by atoms with Crippen LogP contribution < -0.4 is 5.32 Å². The first-order valence-electron chi connectivity index (χ1n) is 6.30. The van der Waals surface area contributed by atoms with Gasteiger partial charge in [0.05, 0.1) is 17.4 Å². The van der Waals surface area contributed by atoms with Crippen LogP contribution in [0, 0.1) is 0 Å². The Hall–Kier alpha value is -1.38. The van der Waals surface area contributed by atoms with Crippen molar-refractivity contribution in [1.29, 1.82) is 0 Å². The average Bonchev–Trinajstić information content (AvgIpc) is 2.42. The first-order valence-corrected chi connectivity index (χ1v) is 6.68. The lowest BCUT2D eigenvalue weighted by Gasteiger charge is -2.40. The molecule has 0 spiro atoms. The Labute approximate surface area is 125 Å². The van der Waals surface area contributed by atoms with Gasteiger partial charge in [0.1, 0.15) is 18.3 Å². The van der Waals surface area contributed by atoms with Crippen LogP contribution in [0.4, 0.5) is 5.69 Å². The maximum Gasteiger partial charge on any atom is 0.337 e.